The van der Waals surface area contributed by atoms with Crippen LogP contribution in [0.1, 0.15) is 10.4 Å². The molecular formula is C21H23N5O4S. The second-order valence-electron chi connectivity index (χ2n) is 6.81. The first-order valence-electron chi connectivity index (χ1n) is 9.71. The van der Waals surface area contributed by atoms with Crippen LogP contribution >= 0.6 is 11.8 Å². The molecule has 2 aromatic carbocycles. The molecule has 0 atom stereocenters. The van der Waals surface area contributed by atoms with E-state index in [1.807, 2.05) is 40.9 Å². The summed E-state index contributed by atoms with van der Waals surface area (Å²) in [6.07, 6.45) is 1.50. The predicted octanol–water partition coefficient (Wildman–Crippen LogP) is 2.54. The number of ether oxygens (including phenoxy) is 3. The van der Waals surface area contributed by atoms with Crippen LogP contribution in [0.15, 0.2) is 36.7 Å². The highest BCUT2D eigenvalue weighted by atomic mass is 32.2. The number of amides is 1. The average molecular weight is 442 g/mol. The maximum Gasteiger partial charge on any atom is 0.254 e. The lowest BCUT2D eigenvalue weighted by Gasteiger charge is -2.27. The van der Waals surface area contributed by atoms with Crippen LogP contribution in [0.3, 0.4) is 0 Å². The summed E-state index contributed by atoms with van der Waals surface area (Å²) in [5.41, 5.74) is 2.78. The number of nitrogens with zero attached hydrogens (tertiary/aromatic N) is 5. The lowest BCUT2D eigenvalue weighted by Crippen LogP contribution is -2.37. The van der Waals surface area contributed by atoms with Crippen molar-refractivity contribution in [1.82, 2.24) is 25.1 Å². The van der Waals surface area contributed by atoms with E-state index in [4.69, 9.17) is 14.2 Å². The van der Waals surface area contributed by atoms with Crippen molar-refractivity contribution in [2.24, 2.45) is 0 Å². The molecule has 0 aliphatic carbocycles. The molecule has 1 aliphatic heterocycles. The van der Waals surface area contributed by atoms with Crippen LogP contribution in [0.5, 0.6) is 17.2 Å². The number of methoxy groups -OCH3 is 3. The smallest absolute Gasteiger partial charge is 0.254 e. The summed E-state index contributed by atoms with van der Waals surface area (Å²) in [7, 11) is 4.71. The van der Waals surface area contributed by atoms with Crippen molar-refractivity contribution in [1.29, 1.82) is 0 Å². The number of benzene rings is 2. The minimum Gasteiger partial charge on any atom is -0.493 e. The number of carbonyl (C=O) groups is 1. The maximum absolute atomic E-state index is 13.3. The molecule has 162 valence electrons. The zero-order chi connectivity index (χ0) is 21.8. The zero-order valence-corrected chi connectivity index (χ0v) is 18.4. The fourth-order valence-corrected chi connectivity index (χ4v) is 4.48. The van der Waals surface area contributed by atoms with Gasteiger partial charge in [0.15, 0.2) is 11.5 Å². The molecule has 2 heterocycles. The highest BCUT2D eigenvalue weighted by molar-refractivity contribution is 7.99. The Hall–Kier alpha value is -3.27. The molecular weight excluding hydrogens is 418 g/mol. The molecule has 0 spiro atoms. The number of tetrazole rings is 1. The molecule has 4 rings (SSSR count). The molecule has 0 bridgehead atoms. The third-order valence-corrected chi connectivity index (χ3v) is 6.03. The summed E-state index contributed by atoms with van der Waals surface area (Å²) in [5.74, 6) is 3.42. The lowest BCUT2D eigenvalue weighted by molar-refractivity contribution is 0.0772. The van der Waals surface area contributed by atoms with Gasteiger partial charge in [0.25, 0.3) is 5.91 Å². The van der Waals surface area contributed by atoms with Crippen LogP contribution in [0, 0.1) is 0 Å². The van der Waals surface area contributed by atoms with Gasteiger partial charge in [-0.05, 0) is 46.3 Å². The van der Waals surface area contributed by atoms with E-state index in [-0.39, 0.29) is 5.91 Å². The van der Waals surface area contributed by atoms with Gasteiger partial charge in [0.1, 0.15) is 6.33 Å². The van der Waals surface area contributed by atoms with E-state index in [2.05, 4.69) is 15.5 Å². The van der Waals surface area contributed by atoms with Crippen molar-refractivity contribution >= 4 is 17.7 Å². The van der Waals surface area contributed by atoms with Gasteiger partial charge < -0.3 is 19.1 Å². The summed E-state index contributed by atoms with van der Waals surface area (Å²) in [6.45, 7) is 1.46. The molecule has 9 nitrogen and oxygen atoms in total. The molecule has 0 saturated carbocycles. The monoisotopic (exact) mass is 441 g/mol. The summed E-state index contributed by atoms with van der Waals surface area (Å²) < 4.78 is 18.1. The highest BCUT2D eigenvalue weighted by Crippen LogP contribution is 2.44. The largest absolute Gasteiger partial charge is 0.493 e. The summed E-state index contributed by atoms with van der Waals surface area (Å²) >= 11 is 1.86. The van der Waals surface area contributed by atoms with E-state index in [1.165, 1.54) is 11.0 Å². The zero-order valence-electron chi connectivity index (χ0n) is 17.6. The first-order valence-corrected chi connectivity index (χ1v) is 10.9. The number of hydrogen-bond acceptors (Lipinski definition) is 8. The number of aromatic nitrogens is 4. The molecule has 0 radical (unpaired) electrons. The molecule has 1 fully saturated rings. The minimum absolute atomic E-state index is 0.0177. The van der Waals surface area contributed by atoms with Gasteiger partial charge in [-0.2, -0.15) is 11.8 Å². The van der Waals surface area contributed by atoms with Crippen LogP contribution in [0.4, 0.5) is 0 Å². The van der Waals surface area contributed by atoms with Gasteiger partial charge in [-0.1, -0.05) is 0 Å². The van der Waals surface area contributed by atoms with E-state index in [1.54, 1.807) is 27.4 Å². The number of rotatable bonds is 6. The van der Waals surface area contributed by atoms with Crippen molar-refractivity contribution in [3.63, 3.8) is 0 Å². The Kier molecular flexibility index (Phi) is 6.26. The molecule has 31 heavy (non-hydrogen) atoms. The maximum atomic E-state index is 13.3. The third kappa shape index (κ3) is 4.15. The second kappa shape index (κ2) is 9.25. The van der Waals surface area contributed by atoms with E-state index >= 15 is 0 Å². The van der Waals surface area contributed by atoms with Gasteiger partial charge in [-0.15, -0.1) is 5.10 Å². The number of thioether (sulfide) groups is 1. The summed E-state index contributed by atoms with van der Waals surface area (Å²) in [4.78, 5) is 15.1. The van der Waals surface area contributed by atoms with E-state index in [0.717, 1.165) is 35.7 Å². The Morgan fingerprint density at radius 3 is 2.42 bits per heavy atom. The van der Waals surface area contributed by atoms with Crippen LogP contribution < -0.4 is 14.2 Å². The molecule has 0 N–H and O–H groups in total. The summed E-state index contributed by atoms with van der Waals surface area (Å²) in [5, 5.41) is 11.4. The van der Waals surface area contributed by atoms with Gasteiger partial charge in [0.2, 0.25) is 5.75 Å². The first-order chi connectivity index (χ1) is 15.2. The van der Waals surface area contributed by atoms with Gasteiger partial charge in [-0.25, -0.2) is 4.68 Å². The van der Waals surface area contributed by atoms with Crippen molar-refractivity contribution in [3.05, 3.63) is 42.2 Å². The van der Waals surface area contributed by atoms with Crippen LogP contribution in [-0.2, 0) is 0 Å². The van der Waals surface area contributed by atoms with Crippen LogP contribution in [-0.4, -0.2) is 76.9 Å². The first kappa shape index (κ1) is 21.0. The van der Waals surface area contributed by atoms with Crippen molar-refractivity contribution in [3.8, 4) is 34.1 Å². The number of hydrogen-bond donors (Lipinski definition) is 0. The SMILES string of the molecule is COc1ccc(-c2cc(C(=O)N3CCSCC3)cc(-n3cnnn3)c2)c(OC)c1OC. The van der Waals surface area contributed by atoms with Crippen molar-refractivity contribution in [2.75, 3.05) is 45.9 Å². The highest BCUT2D eigenvalue weighted by Gasteiger charge is 2.22. The van der Waals surface area contributed by atoms with Gasteiger partial charge in [0.05, 0.1) is 27.0 Å². The second-order valence-corrected chi connectivity index (χ2v) is 8.03. The third-order valence-electron chi connectivity index (χ3n) is 5.09. The molecule has 3 aromatic rings. The Morgan fingerprint density at radius 2 is 1.77 bits per heavy atom. The molecule has 1 aromatic heterocycles. The Labute approximate surface area is 184 Å². The van der Waals surface area contributed by atoms with Gasteiger partial charge >= 0.3 is 0 Å². The Balaban J connectivity index is 1.86. The molecule has 0 unspecified atom stereocenters. The van der Waals surface area contributed by atoms with E-state index in [9.17, 15) is 4.79 Å². The fourth-order valence-electron chi connectivity index (χ4n) is 3.58. The average Bonchev–Trinajstić information content (AvgIpc) is 3.38. The quantitative estimate of drug-likeness (QED) is 0.576. The fraction of sp³-hybridized carbons (Fsp3) is 0.333. The standard InChI is InChI=1S/C21H23N5O4S/c1-28-18-5-4-17(19(29-2)20(18)30-3)14-10-15(21(27)25-6-8-31-9-7-25)12-16(11-14)26-13-22-23-24-26/h4-5,10-13H,6-9H2,1-3H3. The molecule has 1 aliphatic rings. The number of carbonyl (C=O) groups excluding carboxylic acids is 1. The Bertz CT molecular complexity index is 1070. The Morgan fingerprint density at radius 1 is 1.00 bits per heavy atom. The van der Waals surface area contributed by atoms with Crippen molar-refractivity contribution < 1.29 is 19.0 Å². The van der Waals surface area contributed by atoms with Crippen molar-refractivity contribution in [2.45, 2.75) is 0 Å². The molecule has 1 saturated heterocycles. The van der Waals surface area contributed by atoms with Crippen LogP contribution in [0.2, 0.25) is 0 Å². The predicted molar refractivity (Wildman–Crippen MR) is 117 cm³/mol. The minimum atomic E-state index is -0.0177. The molecule has 10 heteroatoms. The lowest BCUT2D eigenvalue weighted by atomic mass is 9.99. The normalized spacial score (nSPS) is 13.7. The van der Waals surface area contributed by atoms with Gasteiger partial charge in [-0.3, -0.25) is 4.79 Å². The molecule has 1 amide bonds. The topological polar surface area (TPSA) is 91.6 Å². The van der Waals surface area contributed by atoms with Crippen LogP contribution in [0.25, 0.3) is 16.8 Å². The van der Waals surface area contributed by atoms with E-state index in [0.29, 0.717) is 28.5 Å². The van der Waals surface area contributed by atoms with E-state index < -0.39 is 0 Å². The van der Waals surface area contributed by atoms with Gasteiger partial charge in [0, 0.05) is 35.7 Å². The summed E-state index contributed by atoms with van der Waals surface area (Å²) in [6, 6.07) is 9.26.